The summed E-state index contributed by atoms with van der Waals surface area (Å²) in [5, 5.41) is 4.09. The van der Waals surface area contributed by atoms with Gasteiger partial charge >= 0.3 is 0 Å². The first kappa shape index (κ1) is 15.5. The molecule has 0 spiro atoms. The van der Waals surface area contributed by atoms with Crippen LogP contribution < -0.4 is 4.72 Å². The molecule has 1 aromatic heterocycles. The molecule has 1 atom stereocenters. The van der Waals surface area contributed by atoms with E-state index in [4.69, 9.17) is 0 Å². The maximum atomic E-state index is 12.4. The van der Waals surface area contributed by atoms with Gasteiger partial charge in [0.25, 0.3) is 10.2 Å². The van der Waals surface area contributed by atoms with Crippen molar-refractivity contribution in [3.05, 3.63) is 18.5 Å². The Bertz CT molecular complexity index is 494. The van der Waals surface area contributed by atoms with E-state index in [1.807, 2.05) is 19.2 Å². The second-order valence-corrected chi connectivity index (χ2v) is 7.32. The molecule has 1 N–H and O–H groups in total. The molecule has 1 aliphatic carbocycles. The molecule has 0 unspecified atom stereocenters. The third kappa shape index (κ3) is 4.04. The van der Waals surface area contributed by atoms with Gasteiger partial charge in [0.2, 0.25) is 0 Å². The summed E-state index contributed by atoms with van der Waals surface area (Å²) >= 11 is 0. The van der Waals surface area contributed by atoms with Crippen molar-refractivity contribution in [2.24, 2.45) is 0 Å². The standard InChI is InChI=1S/C13H24N4O2S/c1-12(11-17-10-6-9-14-17)15-20(18,19)16(2)13-7-4-3-5-8-13/h6,9-10,12-13,15H,3-5,7-8,11H2,1-2H3/t12-/m1/s1. The number of hydrogen-bond acceptors (Lipinski definition) is 3. The quantitative estimate of drug-likeness (QED) is 0.863. The molecular formula is C13H24N4O2S. The van der Waals surface area contributed by atoms with Crippen LogP contribution in [0.1, 0.15) is 39.0 Å². The first-order valence-electron chi connectivity index (χ1n) is 7.22. The van der Waals surface area contributed by atoms with E-state index >= 15 is 0 Å². The lowest BCUT2D eigenvalue weighted by Crippen LogP contribution is -2.48. The molecular weight excluding hydrogens is 276 g/mol. The van der Waals surface area contributed by atoms with E-state index in [1.165, 1.54) is 10.7 Å². The lowest BCUT2D eigenvalue weighted by Gasteiger charge is -2.31. The lowest BCUT2D eigenvalue weighted by atomic mass is 9.96. The predicted octanol–water partition coefficient (Wildman–Crippen LogP) is 1.37. The molecule has 0 radical (unpaired) electrons. The normalized spacial score (nSPS) is 19.4. The first-order chi connectivity index (χ1) is 9.49. The summed E-state index contributed by atoms with van der Waals surface area (Å²) in [5.41, 5.74) is 0. The maximum absolute atomic E-state index is 12.4. The molecule has 6 nitrogen and oxygen atoms in total. The van der Waals surface area contributed by atoms with Crippen LogP contribution in [0, 0.1) is 0 Å². The molecule has 0 bridgehead atoms. The Morgan fingerprint density at radius 3 is 2.70 bits per heavy atom. The van der Waals surface area contributed by atoms with Crippen LogP contribution in [0.25, 0.3) is 0 Å². The molecule has 7 heteroatoms. The molecule has 1 aliphatic rings. The van der Waals surface area contributed by atoms with Crippen LogP contribution in [0.15, 0.2) is 18.5 Å². The van der Waals surface area contributed by atoms with Gasteiger partial charge < -0.3 is 0 Å². The van der Waals surface area contributed by atoms with Gasteiger partial charge in [-0.1, -0.05) is 19.3 Å². The lowest BCUT2D eigenvalue weighted by molar-refractivity contribution is 0.281. The second-order valence-electron chi connectivity index (χ2n) is 5.56. The summed E-state index contributed by atoms with van der Waals surface area (Å²) < 4.78 is 30.7. The Morgan fingerprint density at radius 1 is 1.40 bits per heavy atom. The average Bonchev–Trinajstić information content (AvgIpc) is 2.91. The van der Waals surface area contributed by atoms with Crippen LogP contribution in [-0.2, 0) is 16.8 Å². The van der Waals surface area contributed by atoms with Gasteiger partial charge in [-0.3, -0.25) is 4.68 Å². The summed E-state index contributed by atoms with van der Waals surface area (Å²) in [7, 11) is -1.74. The summed E-state index contributed by atoms with van der Waals surface area (Å²) in [4.78, 5) is 0. The fourth-order valence-electron chi connectivity index (χ4n) is 2.70. The molecule has 2 rings (SSSR count). The highest BCUT2D eigenvalue weighted by molar-refractivity contribution is 7.87. The molecule has 0 amide bonds. The zero-order chi connectivity index (χ0) is 14.6. The fourth-order valence-corrected chi connectivity index (χ4v) is 4.06. The van der Waals surface area contributed by atoms with Gasteiger partial charge in [0.15, 0.2) is 0 Å². The van der Waals surface area contributed by atoms with Crippen molar-refractivity contribution in [1.82, 2.24) is 18.8 Å². The van der Waals surface area contributed by atoms with E-state index in [-0.39, 0.29) is 12.1 Å². The third-order valence-electron chi connectivity index (χ3n) is 3.84. The van der Waals surface area contributed by atoms with Crippen LogP contribution in [0.3, 0.4) is 0 Å². The van der Waals surface area contributed by atoms with Crippen molar-refractivity contribution in [2.75, 3.05) is 7.05 Å². The molecule has 0 aliphatic heterocycles. The summed E-state index contributed by atoms with van der Waals surface area (Å²) in [6.45, 7) is 2.39. The van der Waals surface area contributed by atoms with Gasteiger partial charge in [-0.15, -0.1) is 0 Å². The zero-order valence-corrected chi connectivity index (χ0v) is 13.0. The van der Waals surface area contributed by atoms with Crippen molar-refractivity contribution in [1.29, 1.82) is 0 Å². The largest absolute Gasteiger partial charge is 0.279 e. The monoisotopic (exact) mass is 300 g/mol. The Morgan fingerprint density at radius 2 is 2.10 bits per heavy atom. The van der Waals surface area contributed by atoms with Crippen LogP contribution in [0.2, 0.25) is 0 Å². The minimum atomic E-state index is -3.42. The topological polar surface area (TPSA) is 67.2 Å². The zero-order valence-electron chi connectivity index (χ0n) is 12.2. The van der Waals surface area contributed by atoms with Gasteiger partial charge in [0.05, 0.1) is 6.54 Å². The molecule has 1 fully saturated rings. The Kier molecular flexibility index (Phi) is 5.17. The molecule has 1 heterocycles. The van der Waals surface area contributed by atoms with Gasteiger partial charge in [-0.05, 0) is 25.8 Å². The highest BCUT2D eigenvalue weighted by Crippen LogP contribution is 2.23. The maximum Gasteiger partial charge on any atom is 0.279 e. The predicted molar refractivity (Wildman–Crippen MR) is 78.4 cm³/mol. The van der Waals surface area contributed by atoms with E-state index in [1.54, 1.807) is 17.9 Å². The number of nitrogens with zero attached hydrogens (tertiary/aromatic N) is 3. The van der Waals surface area contributed by atoms with Crippen molar-refractivity contribution >= 4 is 10.2 Å². The van der Waals surface area contributed by atoms with Crippen molar-refractivity contribution < 1.29 is 8.42 Å². The summed E-state index contributed by atoms with van der Waals surface area (Å²) in [6.07, 6.45) is 8.90. The summed E-state index contributed by atoms with van der Waals surface area (Å²) in [6, 6.07) is 1.78. The molecule has 1 saturated carbocycles. The number of nitrogens with one attached hydrogen (secondary N) is 1. The van der Waals surface area contributed by atoms with Crippen LogP contribution >= 0.6 is 0 Å². The molecule has 0 aromatic carbocycles. The van der Waals surface area contributed by atoms with Crippen molar-refractivity contribution in [2.45, 2.75) is 57.7 Å². The molecule has 0 saturated heterocycles. The minimum Gasteiger partial charge on any atom is -0.271 e. The highest BCUT2D eigenvalue weighted by atomic mass is 32.2. The molecule has 1 aromatic rings. The van der Waals surface area contributed by atoms with Gasteiger partial charge in [-0.25, -0.2) is 0 Å². The summed E-state index contributed by atoms with van der Waals surface area (Å²) in [5.74, 6) is 0. The Balaban J connectivity index is 1.91. The van der Waals surface area contributed by atoms with Crippen LogP contribution in [0.5, 0.6) is 0 Å². The van der Waals surface area contributed by atoms with Gasteiger partial charge in [0, 0.05) is 31.5 Å². The van der Waals surface area contributed by atoms with E-state index in [9.17, 15) is 8.42 Å². The van der Waals surface area contributed by atoms with E-state index in [0.29, 0.717) is 6.54 Å². The number of rotatable bonds is 6. The van der Waals surface area contributed by atoms with E-state index in [2.05, 4.69) is 9.82 Å². The second kappa shape index (κ2) is 6.69. The SMILES string of the molecule is C[C@H](Cn1cccn1)NS(=O)(=O)N(C)C1CCCCC1. The van der Waals surface area contributed by atoms with Crippen molar-refractivity contribution in [3.63, 3.8) is 0 Å². The first-order valence-corrected chi connectivity index (χ1v) is 8.66. The van der Waals surface area contributed by atoms with E-state index < -0.39 is 10.2 Å². The van der Waals surface area contributed by atoms with Crippen molar-refractivity contribution in [3.8, 4) is 0 Å². The van der Waals surface area contributed by atoms with Gasteiger partial charge in [0.1, 0.15) is 0 Å². The number of aromatic nitrogens is 2. The van der Waals surface area contributed by atoms with E-state index in [0.717, 1.165) is 25.7 Å². The Labute approximate surface area is 121 Å². The molecule has 20 heavy (non-hydrogen) atoms. The van der Waals surface area contributed by atoms with Gasteiger partial charge in [-0.2, -0.15) is 22.5 Å². The highest BCUT2D eigenvalue weighted by Gasteiger charge is 2.28. The smallest absolute Gasteiger partial charge is 0.271 e. The Hall–Kier alpha value is -0.920. The average molecular weight is 300 g/mol. The van der Waals surface area contributed by atoms with Crippen LogP contribution in [-0.4, -0.2) is 41.6 Å². The third-order valence-corrected chi connectivity index (χ3v) is 5.59. The van der Waals surface area contributed by atoms with Crippen LogP contribution in [0.4, 0.5) is 0 Å². The number of hydrogen-bond donors (Lipinski definition) is 1. The minimum absolute atomic E-state index is 0.137. The fraction of sp³-hybridized carbons (Fsp3) is 0.769. The molecule has 114 valence electrons.